The summed E-state index contributed by atoms with van der Waals surface area (Å²) in [4.78, 5) is 5.34. The molecule has 11 rings (SSSR count). The molecule has 0 unspecified atom stereocenters. The molecule has 0 aliphatic heterocycles. The lowest BCUT2D eigenvalue weighted by Gasteiger charge is -2.14. The van der Waals surface area contributed by atoms with Crippen molar-refractivity contribution in [1.82, 2.24) is 18.7 Å². The van der Waals surface area contributed by atoms with Gasteiger partial charge in [-0.2, -0.15) is 0 Å². The van der Waals surface area contributed by atoms with Crippen LogP contribution in [0, 0.1) is 0 Å². The van der Waals surface area contributed by atoms with Gasteiger partial charge in [0, 0.05) is 44.2 Å². The van der Waals surface area contributed by atoms with E-state index in [0.29, 0.717) is 0 Å². The highest BCUT2D eigenvalue weighted by molar-refractivity contribution is 6.18. The molecule has 3 aromatic heterocycles. The predicted octanol–water partition coefficient (Wildman–Crippen LogP) is 12.6. The van der Waals surface area contributed by atoms with Crippen LogP contribution in [0.1, 0.15) is 0 Å². The van der Waals surface area contributed by atoms with E-state index in [0.717, 1.165) is 45.0 Å². The molecule has 0 radical (unpaired) electrons. The van der Waals surface area contributed by atoms with Gasteiger partial charge in [0.25, 0.3) is 0 Å². The molecular weight excluding hydrogens is 645 g/mol. The van der Waals surface area contributed by atoms with Crippen molar-refractivity contribution in [2.45, 2.75) is 0 Å². The maximum Gasteiger partial charge on any atom is 0.145 e. The summed E-state index contributed by atoms with van der Waals surface area (Å²) >= 11 is 0. The van der Waals surface area contributed by atoms with Crippen molar-refractivity contribution >= 4 is 54.6 Å². The highest BCUT2D eigenvalue weighted by atomic mass is 15.1. The van der Waals surface area contributed by atoms with Crippen LogP contribution in [-0.2, 0) is 0 Å². The van der Waals surface area contributed by atoms with Crippen molar-refractivity contribution in [3.63, 3.8) is 0 Å². The van der Waals surface area contributed by atoms with Crippen LogP contribution in [0.3, 0.4) is 0 Å². The van der Waals surface area contributed by atoms with Gasteiger partial charge in [0.15, 0.2) is 0 Å². The molecule has 0 fully saturated rings. The van der Waals surface area contributed by atoms with Crippen molar-refractivity contribution in [2.75, 3.05) is 0 Å². The van der Waals surface area contributed by atoms with Gasteiger partial charge in [-0.05, 0) is 96.1 Å². The molecule has 8 aromatic carbocycles. The fraction of sp³-hybridized carbons (Fsp3) is 0. The standard InChI is InChI=1S/C49H32N4/c1-4-16-35(17-5-1)51-43-25-13-10-22-38(43)41-30-33(28-29-45(41)51)40-31-34(49-50-42-24-12-15-27-46(42)53(49)37-20-8-3-9-21-37)32-47-48(40)39-23-11-14-26-44(39)52(47)36-18-6-2-7-19-36/h1-32H. The van der Waals surface area contributed by atoms with Crippen molar-refractivity contribution in [3.8, 4) is 39.6 Å². The van der Waals surface area contributed by atoms with E-state index >= 15 is 0 Å². The number of fused-ring (bicyclic) bond motifs is 7. The summed E-state index contributed by atoms with van der Waals surface area (Å²) < 4.78 is 7.09. The SMILES string of the molecule is c1ccc(-n2c(-c3cc(-c4ccc5c(c4)c4ccccc4n5-c4ccccc4)c4c5ccccc5n(-c5ccccc5)c4c3)nc3ccccc32)cc1. The highest BCUT2D eigenvalue weighted by Gasteiger charge is 2.22. The van der Waals surface area contributed by atoms with E-state index in [-0.39, 0.29) is 0 Å². The Hall–Kier alpha value is -7.17. The molecule has 4 heteroatoms. The van der Waals surface area contributed by atoms with Gasteiger partial charge in [-0.15, -0.1) is 0 Å². The smallest absolute Gasteiger partial charge is 0.145 e. The monoisotopic (exact) mass is 676 g/mol. The zero-order valence-corrected chi connectivity index (χ0v) is 28.8. The average Bonchev–Trinajstić information content (AvgIpc) is 3.89. The largest absolute Gasteiger partial charge is 0.309 e. The van der Waals surface area contributed by atoms with Crippen LogP contribution in [0.25, 0.3) is 94.2 Å². The second-order valence-corrected chi connectivity index (χ2v) is 13.6. The average molecular weight is 677 g/mol. The van der Waals surface area contributed by atoms with Crippen molar-refractivity contribution in [1.29, 1.82) is 0 Å². The summed E-state index contributed by atoms with van der Waals surface area (Å²) in [7, 11) is 0. The first-order valence-corrected chi connectivity index (χ1v) is 18.1. The van der Waals surface area contributed by atoms with Gasteiger partial charge in [0.1, 0.15) is 5.82 Å². The van der Waals surface area contributed by atoms with Gasteiger partial charge in [-0.25, -0.2) is 4.98 Å². The Morgan fingerprint density at radius 2 is 0.830 bits per heavy atom. The minimum Gasteiger partial charge on any atom is -0.309 e. The number of aromatic nitrogens is 4. The lowest BCUT2D eigenvalue weighted by atomic mass is 9.95. The maximum atomic E-state index is 5.34. The van der Waals surface area contributed by atoms with E-state index in [1.54, 1.807) is 0 Å². The fourth-order valence-electron chi connectivity index (χ4n) is 8.36. The summed E-state index contributed by atoms with van der Waals surface area (Å²) in [6, 6.07) is 69.6. The normalized spacial score (nSPS) is 11.8. The molecule has 0 bridgehead atoms. The van der Waals surface area contributed by atoms with Crippen LogP contribution in [0.5, 0.6) is 0 Å². The summed E-state index contributed by atoms with van der Waals surface area (Å²) in [5.41, 5.74) is 13.5. The molecule has 0 amide bonds. The van der Waals surface area contributed by atoms with Crippen molar-refractivity contribution in [3.05, 3.63) is 194 Å². The van der Waals surface area contributed by atoms with Crippen LogP contribution < -0.4 is 0 Å². The van der Waals surface area contributed by atoms with Crippen LogP contribution in [-0.4, -0.2) is 18.7 Å². The van der Waals surface area contributed by atoms with Crippen LogP contribution in [0.4, 0.5) is 0 Å². The summed E-state index contributed by atoms with van der Waals surface area (Å²) in [6.07, 6.45) is 0. The van der Waals surface area contributed by atoms with E-state index in [1.165, 1.54) is 49.2 Å². The number of nitrogens with zero attached hydrogens (tertiary/aromatic N) is 4. The Morgan fingerprint density at radius 1 is 0.321 bits per heavy atom. The molecule has 11 aromatic rings. The van der Waals surface area contributed by atoms with E-state index in [4.69, 9.17) is 4.98 Å². The van der Waals surface area contributed by atoms with Crippen molar-refractivity contribution < 1.29 is 0 Å². The fourth-order valence-corrected chi connectivity index (χ4v) is 8.36. The first kappa shape index (κ1) is 29.5. The molecular formula is C49H32N4. The van der Waals surface area contributed by atoms with E-state index in [9.17, 15) is 0 Å². The molecule has 3 heterocycles. The summed E-state index contributed by atoms with van der Waals surface area (Å²) in [6.45, 7) is 0. The molecule has 0 aliphatic rings. The van der Waals surface area contributed by atoms with Gasteiger partial charge in [0.05, 0.1) is 33.1 Å². The Labute approximate surface area is 306 Å². The van der Waals surface area contributed by atoms with E-state index in [1.807, 2.05) is 0 Å². The number of hydrogen-bond acceptors (Lipinski definition) is 1. The lowest BCUT2D eigenvalue weighted by molar-refractivity contribution is 1.10. The molecule has 0 saturated heterocycles. The number of imidazole rings is 1. The van der Waals surface area contributed by atoms with Crippen LogP contribution >= 0.6 is 0 Å². The van der Waals surface area contributed by atoms with Gasteiger partial charge >= 0.3 is 0 Å². The minimum absolute atomic E-state index is 0.909. The molecule has 53 heavy (non-hydrogen) atoms. The van der Waals surface area contributed by atoms with Gasteiger partial charge in [-0.3, -0.25) is 4.57 Å². The topological polar surface area (TPSA) is 27.7 Å². The molecule has 248 valence electrons. The van der Waals surface area contributed by atoms with Crippen LogP contribution in [0.15, 0.2) is 194 Å². The molecule has 0 saturated carbocycles. The second-order valence-electron chi connectivity index (χ2n) is 13.6. The molecule has 0 aliphatic carbocycles. The number of para-hydroxylation sites is 7. The summed E-state index contributed by atoms with van der Waals surface area (Å²) in [5.74, 6) is 0.909. The van der Waals surface area contributed by atoms with E-state index in [2.05, 4.69) is 208 Å². The zero-order valence-electron chi connectivity index (χ0n) is 28.8. The second kappa shape index (κ2) is 11.7. The van der Waals surface area contributed by atoms with E-state index < -0.39 is 0 Å². The third kappa shape index (κ3) is 4.52. The maximum absolute atomic E-state index is 5.34. The predicted molar refractivity (Wildman–Crippen MR) is 221 cm³/mol. The third-order valence-corrected chi connectivity index (χ3v) is 10.6. The third-order valence-electron chi connectivity index (χ3n) is 10.6. The van der Waals surface area contributed by atoms with Gasteiger partial charge in [-0.1, -0.05) is 109 Å². The molecule has 0 spiro atoms. The zero-order chi connectivity index (χ0) is 34.9. The minimum atomic E-state index is 0.909. The Balaban J connectivity index is 1.27. The lowest BCUT2D eigenvalue weighted by Crippen LogP contribution is -1.99. The molecule has 4 nitrogen and oxygen atoms in total. The first-order chi connectivity index (χ1) is 26.3. The highest BCUT2D eigenvalue weighted by Crippen LogP contribution is 2.44. The number of rotatable bonds is 5. The Morgan fingerprint density at radius 3 is 1.51 bits per heavy atom. The quantitative estimate of drug-likeness (QED) is 0.178. The molecule has 0 N–H and O–H groups in total. The van der Waals surface area contributed by atoms with Gasteiger partial charge < -0.3 is 9.13 Å². The van der Waals surface area contributed by atoms with Crippen molar-refractivity contribution in [2.24, 2.45) is 0 Å². The summed E-state index contributed by atoms with van der Waals surface area (Å²) in [5, 5.41) is 4.90. The number of hydrogen-bond donors (Lipinski definition) is 0. The number of benzene rings is 8. The first-order valence-electron chi connectivity index (χ1n) is 18.1. The Kier molecular flexibility index (Phi) is 6.52. The van der Waals surface area contributed by atoms with Crippen LogP contribution in [0.2, 0.25) is 0 Å². The van der Waals surface area contributed by atoms with Gasteiger partial charge in [0.2, 0.25) is 0 Å². The Bertz CT molecular complexity index is 3150. The molecule has 0 atom stereocenters.